The highest BCUT2D eigenvalue weighted by Gasteiger charge is 2.15. The average Bonchev–Trinajstić information content (AvgIpc) is 3.22. The Balaban J connectivity index is 1.79. The topological polar surface area (TPSA) is 146 Å². The van der Waals surface area contributed by atoms with Crippen LogP contribution < -0.4 is 5.32 Å². The van der Waals surface area contributed by atoms with E-state index in [9.17, 15) is 25.0 Å². The van der Waals surface area contributed by atoms with Crippen molar-refractivity contribution in [1.29, 1.82) is 5.26 Å². The Bertz CT molecular complexity index is 1250. The van der Waals surface area contributed by atoms with Gasteiger partial charge in [-0.15, -0.1) is 0 Å². The maximum atomic E-state index is 12.4. The second-order valence-electron chi connectivity index (χ2n) is 6.13. The molecule has 1 heterocycles. The van der Waals surface area contributed by atoms with Gasteiger partial charge in [0.15, 0.2) is 0 Å². The molecule has 0 unspecified atom stereocenters. The van der Waals surface area contributed by atoms with Crippen LogP contribution in [-0.4, -0.2) is 21.9 Å². The largest absolute Gasteiger partial charge is 0.478 e. The summed E-state index contributed by atoms with van der Waals surface area (Å²) in [4.78, 5) is 33.5. The average molecular weight is 438 g/mol. The fraction of sp³-hybridized carbons (Fsp3) is 0. The molecule has 0 atom stereocenters. The first kappa shape index (κ1) is 21.3. The number of carbonyl (C=O) groups is 2. The third-order valence-corrected chi connectivity index (χ3v) is 4.42. The van der Waals surface area contributed by atoms with Crippen molar-refractivity contribution in [2.75, 3.05) is 5.32 Å². The Labute approximate surface area is 179 Å². The molecule has 0 aliphatic heterocycles. The first-order valence-corrected chi connectivity index (χ1v) is 8.97. The number of furan rings is 1. The van der Waals surface area contributed by atoms with Gasteiger partial charge >= 0.3 is 5.97 Å². The molecule has 1 amide bonds. The minimum absolute atomic E-state index is 0.0510. The van der Waals surface area contributed by atoms with E-state index in [2.05, 4.69) is 5.32 Å². The van der Waals surface area contributed by atoms with Gasteiger partial charge in [0.2, 0.25) is 0 Å². The molecule has 2 N–H and O–H groups in total. The van der Waals surface area contributed by atoms with Crippen molar-refractivity contribution in [1.82, 2.24) is 0 Å². The number of aromatic carboxylic acids is 1. The zero-order valence-corrected chi connectivity index (χ0v) is 16.3. The van der Waals surface area contributed by atoms with E-state index in [-0.39, 0.29) is 33.3 Å². The number of anilines is 1. The van der Waals surface area contributed by atoms with E-state index in [0.29, 0.717) is 11.3 Å². The number of halogens is 1. The number of amides is 1. The van der Waals surface area contributed by atoms with Gasteiger partial charge in [-0.05, 0) is 30.3 Å². The standard InChI is InChI=1S/C21H12ClN3O6/c22-17-10-15(25(29)30)5-7-18(17)24-20(26)14(11-23)9-16-6-8-19(31-16)12-1-3-13(4-2-12)21(27)28/h1-10H,(H,24,26)(H,27,28)/b14-9+. The predicted octanol–water partition coefficient (Wildman–Crippen LogP) is 4.75. The highest BCUT2D eigenvalue weighted by molar-refractivity contribution is 6.34. The lowest BCUT2D eigenvalue weighted by atomic mass is 10.1. The number of hydrogen-bond acceptors (Lipinski definition) is 6. The third-order valence-electron chi connectivity index (χ3n) is 4.11. The SMILES string of the molecule is N#C/C(=C\c1ccc(-c2ccc(C(=O)O)cc2)o1)C(=O)Nc1ccc([N+](=O)[O-])cc1Cl. The number of nitro benzene ring substituents is 1. The quantitative estimate of drug-likeness (QED) is 0.244. The molecule has 0 bridgehead atoms. The van der Waals surface area contributed by atoms with E-state index in [0.717, 1.165) is 6.07 Å². The van der Waals surface area contributed by atoms with Crippen molar-refractivity contribution in [2.45, 2.75) is 0 Å². The fourth-order valence-corrected chi connectivity index (χ4v) is 2.78. The number of benzene rings is 2. The number of carboxylic acids is 1. The molecule has 0 saturated heterocycles. The first-order valence-electron chi connectivity index (χ1n) is 8.59. The van der Waals surface area contributed by atoms with Crippen molar-refractivity contribution in [3.05, 3.63) is 86.6 Å². The minimum atomic E-state index is -1.05. The van der Waals surface area contributed by atoms with Crippen LogP contribution in [0.4, 0.5) is 11.4 Å². The van der Waals surface area contributed by atoms with E-state index in [1.165, 1.54) is 30.3 Å². The van der Waals surface area contributed by atoms with Gasteiger partial charge in [0, 0.05) is 23.8 Å². The van der Waals surface area contributed by atoms with Gasteiger partial charge < -0.3 is 14.8 Å². The van der Waals surface area contributed by atoms with Crippen molar-refractivity contribution in [2.24, 2.45) is 0 Å². The number of nitrogens with zero attached hydrogens (tertiary/aromatic N) is 2. The van der Waals surface area contributed by atoms with E-state index in [1.54, 1.807) is 30.3 Å². The Hall–Kier alpha value is -4.42. The van der Waals surface area contributed by atoms with Gasteiger partial charge in [0.05, 0.1) is 21.2 Å². The molecule has 0 fully saturated rings. The van der Waals surface area contributed by atoms with Gasteiger partial charge in [0.1, 0.15) is 23.2 Å². The summed E-state index contributed by atoms with van der Waals surface area (Å²) in [6, 6.07) is 14.4. The smallest absolute Gasteiger partial charge is 0.335 e. The summed E-state index contributed by atoms with van der Waals surface area (Å²) in [7, 11) is 0. The maximum Gasteiger partial charge on any atom is 0.335 e. The third kappa shape index (κ3) is 4.95. The second kappa shape index (κ2) is 8.94. The summed E-state index contributed by atoms with van der Waals surface area (Å²) in [5.41, 5.74) is 0.334. The molecule has 2 aromatic carbocycles. The maximum absolute atomic E-state index is 12.4. The summed E-state index contributed by atoms with van der Waals surface area (Å²) in [6.45, 7) is 0. The summed E-state index contributed by atoms with van der Waals surface area (Å²) >= 11 is 5.95. The van der Waals surface area contributed by atoms with Crippen LogP contribution in [-0.2, 0) is 4.79 Å². The molecule has 9 nitrogen and oxygen atoms in total. The molecule has 154 valence electrons. The van der Waals surface area contributed by atoms with E-state index >= 15 is 0 Å². The Morgan fingerprint density at radius 2 is 1.87 bits per heavy atom. The molecular formula is C21H12ClN3O6. The van der Waals surface area contributed by atoms with Crippen molar-refractivity contribution in [3.8, 4) is 17.4 Å². The van der Waals surface area contributed by atoms with Gasteiger partial charge in [-0.25, -0.2) is 4.79 Å². The van der Waals surface area contributed by atoms with Gasteiger partial charge in [0.25, 0.3) is 11.6 Å². The monoisotopic (exact) mass is 437 g/mol. The van der Waals surface area contributed by atoms with Crippen LogP contribution in [0, 0.1) is 21.4 Å². The molecule has 10 heteroatoms. The molecule has 0 aliphatic rings. The zero-order valence-electron chi connectivity index (χ0n) is 15.5. The number of hydrogen-bond donors (Lipinski definition) is 2. The lowest BCUT2D eigenvalue weighted by Crippen LogP contribution is -2.13. The zero-order chi connectivity index (χ0) is 22.5. The van der Waals surface area contributed by atoms with Crippen molar-refractivity contribution >= 4 is 40.9 Å². The summed E-state index contributed by atoms with van der Waals surface area (Å²) in [5, 5.41) is 31.4. The van der Waals surface area contributed by atoms with E-state index in [4.69, 9.17) is 21.1 Å². The first-order chi connectivity index (χ1) is 14.8. The molecule has 0 radical (unpaired) electrons. The van der Waals surface area contributed by atoms with E-state index < -0.39 is 16.8 Å². The van der Waals surface area contributed by atoms with Gasteiger partial charge in [-0.2, -0.15) is 5.26 Å². The van der Waals surface area contributed by atoms with Crippen LogP contribution in [0.25, 0.3) is 17.4 Å². The van der Waals surface area contributed by atoms with Crippen LogP contribution in [0.15, 0.2) is 64.6 Å². The lowest BCUT2D eigenvalue weighted by molar-refractivity contribution is -0.384. The number of carboxylic acid groups (broad SMARTS) is 1. The molecule has 3 rings (SSSR count). The van der Waals surface area contributed by atoms with Crippen LogP contribution in [0.1, 0.15) is 16.1 Å². The number of nitrogens with one attached hydrogen (secondary N) is 1. The highest BCUT2D eigenvalue weighted by atomic mass is 35.5. The van der Waals surface area contributed by atoms with Crippen molar-refractivity contribution in [3.63, 3.8) is 0 Å². The second-order valence-corrected chi connectivity index (χ2v) is 6.54. The number of nitriles is 1. The van der Waals surface area contributed by atoms with Crippen LogP contribution >= 0.6 is 11.6 Å². The lowest BCUT2D eigenvalue weighted by Gasteiger charge is -2.06. The van der Waals surface area contributed by atoms with Crippen LogP contribution in [0.5, 0.6) is 0 Å². The number of nitro groups is 1. The minimum Gasteiger partial charge on any atom is -0.478 e. The molecule has 0 aliphatic carbocycles. The summed E-state index contributed by atoms with van der Waals surface area (Å²) in [6.07, 6.45) is 1.23. The Morgan fingerprint density at radius 1 is 1.16 bits per heavy atom. The predicted molar refractivity (Wildman–Crippen MR) is 111 cm³/mol. The normalized spacial score (nSPS) is 10.9. The Morgan fingerprint density at radius 3 is 2.45 bits per heavy atom. The van der Waals surface area contributed by atoms with Gasteiger partial charge in [-0.3, -0.25) is 14.9 Å². The summed E-state index contributed by atoms with van der Waals surface area (Å²) < 4.78 is 5.61. The number of rotatable bonds is 6. The van der Waals surface area contributed by atoms with E-state index in [1.807, 2.05) is 0 Å². The molecular weight excluding hydrogens is 426 g/mol. The molecule has 0 spiro atoms. The Kier molecular flexibility index (Phi) is 6.14. The van der Waals surface area contributed by atoms with Crippen LogP contribution in [0.2, 0.25) is 5.02 Å². The number of non-ortho nitro benzene ring substituents is 1. The molecule has 31 heavy (non-hydrogen) atoms. The number of carbonyl (C=O) groups excluding carboxylic acids is 1. The molecule has 1 aromatic heterocycles. The highest BCUT2D eigenvalue weighted by Crippen LogP contribution is 2.28. The summed E-state index contributed by atoms with van der Waals surface area (Å²) in [5.74, 6) is -1.19. The molecule has 3 aromatic rings. The van der Waals surface area contributed by atoms with Crippen molar-refractivity contribution < 1.29 is 24.0 Å². The molecule has 0 saturated carbocycles. The fourth-order valence-electron chi connectivity index (χ4n) is 2.56. The van der Waals surface area contributed by atoms with Gasteiger partial charge in [-0.1, -0.05) is 23.7 Å². The van der Waals surface area contributed by atoms with Crippen LogP contribution in [0.3, 0.4) is 0 Å².